The van der Waals surface area contributed by atoms with Gasteiger partial charge in [-0.25, -0.2) is 0 Å². The molecule has 2 rings (SSSR count). The number of nitrogens with two attached hydrogens (primary N) is 1. The van der Waals surface area contributed by atoms with Gasteiger partial charge in [0.1, 0.15) is 0 Å². The van der Waals surface area contributed by atoms with Gasteiger partial charge in [0.15, 0.2) is 5.84 Å². The molecule has 1 heterocycles. The van der Waals surface area contributed by atoms with Crippen molar-refractivity contribution in [2.24, 2.45) is 10.9 Å². The summed E-state index contributed by atoms with van der Waals surface area (Å²) in [5, 5.41) is 17.4. The van der Waals surface area contributed by atoms with E-state index in [1.54, 1.807) is 11.3 Å². The van der Waals surface area contributed by atoms with Gasteiger partial charge in [-0.05, 0) is 23.9 Å². The molecule has 1 atom stereocenters. The highest BCUT2D eigenvalue weighted by Gasteiger charge is 2.09. The van der Waals surface area contributed by atoms with Crippen molar-refractivity contribution in [2.75, 3.05) is 0 Å². The lowest BCUT2D eigenvalue weighted by Gasteiger charge is -2.14. The largest absolute Gasteiger partial charge is 0.409 e. The minimum atomic E-state index is 0.140. The molecule has 0 aliphatic rings. The van der Waals surface area contributed by atoms with Crippen LogP contribution in [0.2, 0.25) is 0 Å². The molecule has 19 heavy (non-hydrogen) atoms. The second kappa shape index (κ2) is 6.36. The van der Waals surface area contributed by atoms with Gasteiger partial charge in [0.05, 0.1) is 0 Å². The normalized spacial score (nSPS) is 13.4. The van der Waals surface area contributed by atoms with Crippen molar-refractivity contribution < 1.29 is 5.21 Å². The maximum atomic E-state index is 8.78. The van der Waals surface area contributed by atoms with E-state index in [-0.39, 0.29) is 11.9 Å². The molecule has 0 aliphatic heterocycles. The second-order valence-corrected chi connectivity index (χ2v) is 5.24. The predicted octanol–water partition coefficient (Wildman–Crippen LogP) is 2.69. The summed E-state index contributed by atoms with van der Waals surface area (Å²) in [5.41, 5.74) is 7.45. The number of hydrogen-bond donors (Lipinski definition) is 3. The average Bonchev–Trinajstić information content (AvgIpc) is 2.98. The number of oxime groups is 1. The van der Waals surface area contributed by atoms with Gasteiger partial charge >= 0.3 is 0 Å². The number of amidine groups is 1. The molecule has 0 fully saturated rings. The van der Waals surface area contributed by atoms with E-state index in [2.05, 4.69) is 28.8 Å². The molecule has 1 aromatic heterocycles. The van der Waals surface area contributed by atoms with Gasteiger partial charge in [-0.2, -0.15) is 0 Å². The van der Waals surface area contributed by atoms with Crippen LogP contribution < -0.4 is 11.1 Å². The first-order valence-electron chi connectivity index (χ1n) is 6.05. The van der Waals surface area contributed by atoms with Crippen LogP contribution in [-0.4, -0.2) is 11.0 Å². The van der Waals surface area contributed by atoms with Gasteiger partial charge in [-0.3, -0.25) is 0 Å². The highest BCUT2D eigenvalue weighted by atomic mass is 32.1. The van der Waals surface area contributed by atoms with Gasteiger partial charge < -0.3 is 16.3 Å². The van der Waals surface area contributed by atoms with Crippen LogP contribution in [0.1, 0.15) is 29.0 Å². The second-order valence-electron chi connectivity index (χ2n) is 4.26. The van der Waals surface area contributed by atoms with Crippen LogP contribution in [-0.2, 0) is 6.54 Å². The summed E-state index contributed by atoms with van der Waals surface area (Å²) < 4.78 is 0. The fourth-order valence-electron chi connectivity index (χ4n) is 1.88. The summed E-state index contributed by atoms with van der Waals surface area (Å²) >= 11 is 1.73. The van der Waals surface area contributed by atoms with Crippen LogP contribution in [0.4, 0.5) is 0 Å². The topological polar surface area (TPSA) is 70.6 Å². The molecule has 4 N–H and O–H groups in total. The summed E-state index contributed by atoms with van der Waals surface area (Å²) in [6.07, 6.45) is 0. The Morgan fingerprint density at radius 2 is 2.16 bits per heavy atom. The number of hydrogen-bond acceptors (Lipinski definition) is 4. The van der Waals surface area contributed by atoms with Gasteiger partial charge in [0.25, 0.3) is 0 Å². The summed E-state index contributed by atoms with van der Waals surface area (Å²) in [5.74, 6) is 0.140. The van der Waals surface area contributed by atoms with Gasteiger partial charge in [-0.1, -0.05) is 35.5 Å². The van der Waals surface area contributed by atoms with Gasteiger partial charge in [0.2, 0.25) is 0 Å². The van der Waals surface area contributed by atoms with Crippen LogP contribution in [0.25, 0.3) is 0 Å². The lowest BCUT2D eigenvalue weighted by atomic mass is 10.1. The van der Waals surface area contributed by atoms with E-state index >= 15 is 0 Å². The summed E-state index contributed by atoms with van der Waals surface area (Å²) in [4.78, 5) is 1.29. The molecule has 0 aliphatic carbocycles. The molecule has 0 spiro atoms. The highest BCUT2D eigenvalue weighted by Crippen LogP contribution is 2.19. The molecule has 2 aromatic rings. The standard InChI is InChI=1S/C14H17N3OS/c1-10(13-7-4-8-19-13)16-9-11-5-2-3-6-12(11)14(15)17-18/h2-8,10,16,18H,9H2,1H3,(H2,15,17)/t10-/m0/s1. The van der Waals surface area contributed by atoms with Gasteiger partial charge in [0, 0.05) is 23.0 Å². The Hall–Kier alpha value is -1.85. The van der Waals surface area contributed by atoms with Crippen molar-refractivity contribution in [2.45, 2.75) is 19.5 Å². The number of nitrogens with zero attached hydrogens (tertiary/aromatic N) is 1. The lowest BCUT2D eigenvalue weighted by Crippen LogP contribution is -2.21. The molecule has 0 saturated carbocycles. The van der Waals surface area contributed by atoms with Crippen molar-refractivity contribution in [1.29, 1.82) is 0 Å². The first-order valence-corrected chi connectivity index (χ1v) is 6.93. The summed E-state index contributed by atoms with van der Waals surface area (Å²) in [6.45, 7) is 2.80. The molecule has 0 unspecified atom stereocenters. The SMILES string of the molecule is C[C@H](NCc1ccccc1/C(N)=N/O)c1cccs1. The number of thiophene rings is 1. The molecule has 4 nitrogen and oxygen atoms in total. The Bertz CT molecular complexity index is 552. The molecule has 5 heteroatoms. The third-order valence-electron chi connectivity index (χ3n) is 2.97. The maximum Gasteiger partial charge on any atom is 0.170 e. The Morgan fingerprint density at radius 3 is 2.84 bits per heavy atom. The minimum Gasteiger partial charge on any atom is -0.409 e. The first kappa shape index (κ1) is 13.6. The zero-order valence-electron chi connectivity index (χ0n) is 10.7. The third-order valence-corrected chi connectivity index (χ3v) is 4.02. The van der Waals surface area contributed by atoms with E-state index in [1.807, 2.05) is 30.3 Å². The molecule has 100 valence electrons. The van der Waals surface area contributed by atoms with Crippen LogP contribution in [0, 0.1) is 0 Å². The zero-order chi connectivity index (χ0) is 13.7. The quantitative estimate of drug-likeness (QED) is 0.340. The fourth-order valence-corrected chi connectivity index (χ4v) is 2.64. The van der Waals surface area contributed by atoms with Crippen molar-refractivity contribution in [1.82, 2.24) is 5.32 Å². The Morgan fingerprint density at radius 1 is 1.37 bits per heavy atom. The fraction of sp³-hybridized carbons (Fsp3) is 0.214. The van der Waals surface area contributed by atoms with Crippen LogP contribution in [0.5, 0.6) is 0 Å². The average molecular weight is 275 g/mol. The van der Waals surface area contributed by atoms with Crippen molar-refractivity contribution in [3.8, 4) is 0 Å². The third kappa shape index (κ3) is 3.33. The molecular weight excluding hydrogens is 258 g/mol. The monoisotopic (exact) mass is 275 g/mol. The Balaban J connectivity index is 2.08. The van der Waals surface area contributed by atoms with Crippen molar-refractivity contribution >= 4 is 17.2 Å². The molecule has 0 bridgehead atoms. The summed E-state index contributed by atoms with van der Waals surface area (Å²) in [7, 11) is 0. The van der Waals surface area contributed by atoms with E-state index in [4.69, 9.17) is 10.9 Å². The minimum absolute atomic E-state index is 0.140. The van der Waals surface area contributed by atoms with E-state index < -0.39 is 0 Å². The summed E-state index contributed by atoms with van der Waals surface area (Å²) in [6, 6.07) is 12.1. The van der Waals surface area contributed by atoms with E-state index in [0.717, 1.165) is 11.1 Å². The number of benzene rings is 1. The van der Waals surface area contributed by atoms with E-state index in [0.29, 0.717) is 6.54 Å². The zero-order valence-corrected chi connectivity index (χ0v) is 11.5. The Labute approximate surface area is 116 Å². The van der Waals surface area contributed by atoms with Crippen LogP contribution in [0.15, 0.2) is 46.9 Å². The van der Waals surface area contributed by atoms with Gasteiger partial charge in [-0.15, -0.1) is 11.3 Å². The Kier molecular flexibility index (Phi) is 4.54. The predicted molar refractivity (Wildman–Crippen MR) is 78.5 cm³/mol. The number of rotatable bonds is 5. The van der Waals surface area contributed by atoms with Crippen molar-refractivity contribution in [3.63, 3.8) is 0 Å². The van der Waals surface area contributed by atoms with Crippen LogP contribution >= 0.6 is 11.3 Å². The number of nitrogens with one attached hydrogen (secondary N) is 1. The van der Waals surface area contributed by atoms with E-state index in [9.17, 15) is 0 Å². The smallest absolute Gasteiger partial charge is 0.170 e. The molecular formula is C14H17N3OS. The van der Waals surface area contributed by atoms with E-state index in [1.165, 1.54) is 4.88 Å². The molecule has 0 saturated heterocycles. The van der Waals surface area contributed by atoms with Crippen molar-refractivity contribution in [3.05, 3.63) is 57.8 Å². The van der Waals surface area contributed by atoms with Crippen LogP contribution in [0.3, 0.4) is 0 Å². The lowest BCUT2D eigenvalue weighted by molar-refractivity contribution is 0.318. The first-order chi connectivity index (χ1) is 9.22. The molecule has 0 radical (unpaired) electrons. The highest BCUT2D eigenvalue weighted by molar-refractivity contribution is 7.10. The molecule has 1 aromatic carbocycles. The maximum absolute atomic E-state index is 8.78. The molecule has 0 amide bonds.